The lowest BCUT2D eigenvalue weighted by atomic mass is 10.0. The minimum Gasteiger partial charge on any atom is -0.347 e. The highest BCUT2D eigenvalue weighted by Crippen LogP contribution is 2.24. The number of aromatic nitrogens is 3. The molecule has 0 saturated heterocycles. The molecule has 10 nitrogen and oxygen atoms in total. The summed E-state index contributed by atoms with van der Waals surface area (Å²) < 4.78 is 23.7. The molecule has 2 aromatic heterocycles. The van der Waals surface area contributed by atoms with Gasteiger partial charge in [-0.1, -0.05) is 6.07 Å². The zero-order valence-electron chi connectivity index (χ0n) is 18.2. The van der Waals surface area contributed by atoms with Crippen molar-refractivity contribution >= 4 is 32.5 Å². The standard InChI is InChI=1S/C21H25N5O5S/c1-21(19(28)24-29,32(4,30)31)8-10-26-9-7-15-11-14(5-6-17(15)18(26)27)16-12-22-20(23-13-16)25(2)3/h5-7,9,11-13,29H,8,10H2,1-4H3,(H,24,28)/t21-/m1/s1. The van der Waals surface area contributed by atoms with Crippen molar-refractivity contribution < 1.29 is 18.4 Å². The van der Waals surface area contributed by atoms with Crippen molar-refractivity contribution in [1.29, 1.82) is 0 Å². The Labute approximate surface area is 185 Å². The highest BCUT2D eigenvalue weighted by molar-refractivity contribution is 7.92. The molecular weight excluding hydrogens is 434 g/mol. The Kier molecular flexibility index (Phi) is 6.33. The number of carbonyl (C=O) groups is 1. The van der Waals surface area contributed by atoms with E-state index in [-0.39, 0.29) is 18.5 Å². The number of carbonyl (C=O) groups excluding carboxylic acids is 1. The summed E-state index contributed by atoms with van der Waals surface area (Å²) in [6.07, 6.45) is 5.71. The maximum atomic E-state index is 12.9. The lowest BCUT2D eigenvalue weighted by molar-refractivity contribution is -0.131. The van der Waals surface area contributed by atoms with Crippen LogP contribution >= 0.6 is 0 Å². The Balaban J connectivity index is 1.92. The van der Waals surface area contributed by atoms with Gasteiger partial charge in [-0.15, -0.1) is 0 Å². The zero-order valence-corrected chi connectivity index (χ0v) is 19.0. The largest absolute Gasteiger partial charge is 0.347 e. The predicted molar refractivity (Wildman–Crippen MR) is 121 cm³/mol. The number of rotatable bonds is 7. The predicted octanol–water partition coefficient (Wildman–Crippen LogP) is 1.22. The van der Waals surface area contributed by atoms with Gasteiger partial charge in [-0.05, 0) is 42.5 Å². The van der Waals surface area contributed by atoms with Gasteiger partial charge in [0.15, 0.2) is 14.6 Å². The molecule has 1 amide bonds. The average Bonchev–Trinajstić information content (AvgIpc) is 2.76. The molecule has 0 radical (unpaired) electrons. The molecule has 0 unspecified atom stereocenters. The highest BCUT2D eigenvalue weighted by Gasteiger charge is 2.43. The summed E-state index contributed by atoms with van der Waals surface area (Å²) in [4.78, 5) is 35.3. The number of fused-ring (bicyclic) bond motifs is 1. The fourth-order valence-corrected chi connectivity index (χ4v) is 4.11. The van der Waals surface area contributed by atoms with E-state index in [1.54, 1.807) is 41.7 Å². The molecule has 0 saturated carbocycles. The van der Waals surface area contributed by atoms with Gasteiger partial charge < -0.3 is 9.47 Å². The normalized spacial score (nSPS) is 13.5. The Morgan fingerprint density at radius 3 is 2.41 bits per heavy atom. The SMILES string of the molecule is CN(C)c1ncc(-c2ccc3c(=O)n(CC[C@](C)(C(=O)NO)S(C)(=O)=O)ccc3c2)cn1. The van der Waals surface area contributed by atoms with Gasteiger partial charge >= 0.3 is 0 Å². The smallest absolute Gasteiger partial charge is 0.264 e. The van der Waals surface area contributed by atoms with E-state index in [0.29, 0.717) is 16.7 Å². The minimum atomic E-state index is -3.85. The molecule has 0 aliphatic carbocycles. The van der Waals surface area contributed by atoms with E-state index < -0.39 is 20.5 Å². The van der Waals surface area contributed by atoms with Crippen molar-refractivity contribution in [2.75, 3.05) is 25.3 Å². The van der Waals surface area contributed by atoms with Crippen molar-refractivity contribution in [3.05, 3.63) is 53.2 Å². The lowest BCUT2D eigenvalue weighted by Gasteiger charge is -2.25. The van der Waals surface area contributed by atoms with E-state index in [1.165, 1.54) is 17.0 Å². The molecule has 3 aromatic rings. The number of amides is 1. The number of benzene rings is 1. The zero-order chi connectivity index (χ0) is 23.7. The first-order valence-electron chi connectivity index (χ1n) is 9.75. The maximum Gasteiger partial charge on any atom is 0.264 e. The van der Waals surface area contributed by atoms with Crippen molar-refractivity contribution in [2.24, 2.45) is 0 Å². The summed E-state index contributed by atoms with van der Waals surface area (Å²) >= 11 is 0. The average molecular weight is 460 g/mol. The van der Waals surface area contributed by atoms with Gasteiger partial charge in [-0.25, -0.2) is 23.9 Å². The lowest BCUT2D eigenvalue weighted by Crippen LogP contribution is -2.49. The highest BCUT2D eigenvalue weighted by atomic mass is 32.2. The van der Waals surface area contributed by atoms with Crippen molar-refractivity contribution in [1.82, 2.24) is 20.0 Å². The quantitative estimate of drug-likeness (QED) is 0.398. The maximum absolute atomic E-state index is 12.9. The number of sulfone groups is 1. The van der Waals surface area contributed by atoms with Crippen LogP contribution in [-0.2, 0) is 21.2 Å². The number of nitrogens with one attached hydrogen (secondary N) is 1. The number of anilines is 1. The summed E-state index contributed by atoms with van der Waals surface area (Å²) in [6, 6.07) is 7.09. The van der Waals surface area contributed by atoms with Crippen LogP contribution in [0.5, 0.6) is 0 Å². The van der Waals surface area contributed by atoms with Crippen LogP contribution in [0.4, 0.5) is 5.95 Å². The monoisotopic (exact) mass is 459 g/mol. The van der Waals surface area contributed by atoms with Crippen LogP contribution in [0.25, 0.3) is 21.9 Å². The van der Waals surface area contributed by atoms with Crippen LogP contribution in [0, 0.1) is 0 Å². The molecule has 170 valence electrons. The van der Waals surface area contributed by atoms with Gasteiger partial charge in [0.25, 0.3) is 11.5 Å². The molecule has 0 spiro atoms. The van der Waals surface area contributed by atoms with Gasteiger partial charge in [0.1, 0.15) is 0 Å². The summed E-state index contributed by atoms with van der Waals surface area (Å²) in [5.41, 5.74) is 2.75. The molecule has 1 aromatic carbocycles. The van der Waals surface area contributed by atoms with Crippen LogP contribution in [0.15, 0.2) is 47.7 Å². The molecule has 0 aliphatic heterocycles. The van der Waals surface area contributed by atoms with Gasteiger partial charge in [-0.2, -0.15) is 0 Å². The molecule has 0 aliphatic rings. The van der Waals surface area contributed by atoms with Gasteiger partial charge in [-0.3, -0.25) is 14.8 Å². The first kappa shape index (κ1) is 23.4. The molecule has 32 heavy (non-hydrogen) atoms. The van der Waals surface area contributed by atoms with E-state index in [9.17, 15) is 18.0 Å². The number of pyridine rings is 1. The van der Waals surface area contributed by atoms with Crippen LogP contribution < -0.4 is 15.9 Å². The number of hydroxylamine groups is 1. The number of nitrogens with zero attached hydrogens (tertiary/aromatic N) is 4. The van der Waals surface area contributed by atoms with Crippen molar-refractivity contribution in [2.45, 2.75) is 24.6 Å². The van der Waals surface area contributed by atoms with E-state index in [4.69, 9.17) is 5.21 Å². The molecule has 2 N–H and O–H groups in total. The third-order valence-electron chi connectivity index (χ3n) is 5.58. The summed E-state index contributed by atoms with van der Waals surface area (Å²) in [6.45, 7) is 1.20. The second-order valence-electron chi connectivity index (χ2n) is 7.98. The van der Waals surface area contributed by atoms with Gasteiger partial charge in [0.2, 0.25) is 5.95 Å². The summed E-state index contributed by atoms with van der Waals surface area (Å²) in [5, 5.41) is 10.1. The Bertz CT molecular complexity index is 1320. The van der Waals surface area contributed by atoms with Crippen LogP contribution in [0.3, 0.4) is 0 Å². The van der Waals surface area contributed by atoms with E-state index in [0.717, 1.165) is 17.4 Å². The molecule has 2 heterocycles. The fraction of sp³-hybridized carbons (Fsp3) is 0.333. The molecule has 1 atom stereocenters. The van der Waals surface area contributed by atoms with Crippen LogP contribution in [-0.4, -0.2) is 59.2 Å². The molecule has 11 heteroatoms. The molecular formula is C21H25N5O5S. The van der Waals surface area contributed by atoms with Crippen LogP contribution in [0.1, 0.15) is 13.3 Å². The number of hydrogen-bond acceptors (Lipinski definition) is 8. The van der Waals surface area contributed by atoms with E-state index >= 15 is 0 Å². The first-order valence-corrected chi connectivity index (χ1v) is 11.6. The third kappa shape index (κ3) is 4.34. The van der Waals surface area contributed by atoms with Gasteiger partial charge in [0, 0.05) is 56.4 Å². The van der Waals surface area contributed by atoms with E-state index in [1.807, 2.05) is 20.2 Å². The molecule has 0 fully saturated rings. The first-order chi connectivity index (χ1) is 15.0. The second kappa shape index (κ2) is 8.67. The summed E-state index contributed by atoms with van der Waals surface area (Å²) in [7, 11) is -0.144. The Hall–Kier alpha value is -3.31. The minimum absolute atomic E-state index is 0.0205. The fourth-order valence-electron chi connectivity index (χ4n) is 3.26. The Morgan fingerprint density at radius 1 is 1.19 bits per heavy atom. The van der Waals surface area contributed by atoms with E-state index in [2.05, 4.69) is 9.97 Å². The summed E-state index contributed by atoms with van der Waals surface area (Å²) in [5.74, 6) is -0.450. The Morgan fingerprint density at radius 2 is 1.84 bits per heavy atom. The number of hydrogen-bond donors (Lipinski definition) is 2. The van der Waals surface area contributed by atoms with Crippen molar-refractivity contribution in [3.8, 4) is 11.1 Å². The van der Waals surface area contributed by atoms with Gasteiger partial charge in [0.05, 0.1) is 0 Å². The molecule has 3 rings (SSSR count). The van der Waals surface area contributed by atoms with Crippen molar-refractivity contribution in [3.63, 3.8) is 0 Å². The second-order valence-corrected chi connectivity index (χ2v) is 10.4. The molecule has 0 bridgehead atoms. The number of aryl methyl sites for hydroxylation is 1. The third-order valence-corrected chi connectivity index (χ3v) is 7.60. The van der Waals surface area contributed by atoms with Crippen LogP contribution in [0.2, 0.25) is 0 Å². The topological polar surface area (TPSA) is 134 Å².